The third kappa shape index (κ3) is 2.85. The Kier molecular flexibility index (Phi) is 3.73. The van der Waals surface area contributed by atoms with Crippen molar-refractivity contribution in [2.24, 2.45) is 0 Å². The van der Waals surface area contributed by atoms with Crippen LogP contribution in [0.4, 0.5) is 4.39 Å². The quantitative estimate of drug-likeness (QED) is 0.748. The molecule has 20 heavy (non-hydrogen) atoms. The van der Waals surface area contributed by atoms with Gasteiger partial charge in [-0.15, -0.1) is 5.10 Å². The summed E-state index contributed by atoms with van der Waals surface area (Å²) in [6.07, 6.45) is 1.75. The summed E-state index contributed by atoms with van der Waals surface area (Å²) in [5.41, 5.74) is 1.37. The lowest BCUT2D eigenvalue weighted by Crippen LogP contribution is -1.86. The second kappa shape index (κ2) is 5.83. The molecule has 0 atom stereocenters. The number of thioether (sulfide) groups is 1. The van der Waals surface area contributed by atoms with Crippen molar-refractivity contribution in [1.82, 2.24) is 20.2 Å². The molecule has 0 unspecified atom stereocenters. The van der Waals surface area contributed by atoms with Crippen LogP contribution in [0.25, 0.3) is 11.4 Å². The first-order valence-electron chi connectivity index (χ1n) is 6.03. The van der Waals surface area contributed by atoms with Crippen LogP contribution in [0.3, 0.4) is 0 Å². The van der Waals surface area contributed by atoms with Crippen LogP contribution in [-0.4, -0.2) is 20.2 Å². The zero-order valence-corrected chi connectivity index (χ0v) is 11.3. The number of rotatable bonds is 4. The minimum atomic E-state index is -0.315. The van der Waals surface area contributed by atoms with Gasteiger partial charge < -0.3 is 0 Å². The molecule has 0 amide bonds. The van der Waals surface area contributed by atoms with E-state index in [1.165, 1.54) is 17.8 Å². The number of hydrogen-bond acceptors (Lipinski definition) is 4. The van der Waals surface area contributed by atoms with Crippen molar-refractivity contribution in [3.8, 4) is 11.4 Å². The molecule has 1 aromatic carbocycles. The van der Waals surface area contributed by atoms with Crippen LogP contribution in [-0.2, 0) is 5.75 Å². The molecule has 0 aliphatic rings. The molecule has 100 valence electrons. The molecule has 2 heterocycles. The molecular weight excluding hydrogens is 275 g/mol. The van der Waals surface area contributed by atoms with Gasteiger partial charge in [0, 0.05) is 11.9 Å². The van der Waals surface area contributed by atoms with Crippen molar-refractivity contribution in [2.75, 3.05) is 0 Å². The van der Waals surface area contributed by atoms with Crippen molar-refractivity contribution in [3.05, 3.63) is 60.2 Å². The molecule has 0 aliphatic carbocycles. The van der Waals surface area contributed by atoms with E-state index in [0.717, 1.165) is 5.69 Å². The summed E-state index contributed by atoms with van der Waals surface area (Å²) in [5, 5.41) is 7.42. The van der Waals surface area contributed by atoms with Crippen molar-refractivity contribution >= 4 is 11.8 Å². The van der Waals surface area contributed by atoms with Gasteiger partial charge in [-0.1, -0.05) is 30.0 Å². The number of halogens is 1. The van der Waals surface area contributed by atoms with Crippen molar-refractivity contribution in [2.45, 2.75) is 10.9 Å². The largest absolute Gasteiger partial charge is 0.260 e. The number of H-pyrrole nitrogens is 1. The molecule has 6 heteroatoms. The molecule has 0 aliphatic heterocycles. The standard InChI is InChI=1S/C14H11FN4S/c15-12-7-2-1-6-11(12)13-17-14(19-18-13)20-9-10-5-3-4-8-16-10/h1-8H,9H2,(H,17,18,19). The molecule has 2 aromatic heterocycles. The Morgan fingerprint density at radius 3 is 2.75 bits per heavy atom. The fourth-order valence-electron chi connectivity index (χ4n) is 1.71. The zero-order chi connectivity index (χ0) is 13.8. The minimum Gasteiger partial charge on any atom is -0.260 e. The smallest absolute Gasteiger partial charge is 0.209 e. The van der Waals surface area contributed by atoms with E-state index in [4.69, 9.17) is 0 Å². The summed E-state index contributed by atoms with van der Waals surface area (Å²) >= 11 is 1.46. The van der Waals surface area contributed by atoms with Crippen molar-refractivity contribution in [3.63, 3.8) is 0 Å². The Balaban J connectivity index is 1.73. The van der Waals surface area contributed by atoms with E-state index in [1.54, 1.807) is 24.4 Å². The maximum atomic E-state index is 13.6. The predicted molar refractivity (Wildman–Crippen MR) is 75.6 cm³/mol. The van der Waals surface area contributed by atoms with Crippen LogP contribution >= 0.6 is 11.8 Å². The van der Waals surface area contributed by atoms with Gasteiger partial charge in [-0.25, -0.2) is 9.37 Å². The van der Waals surface area contributed by atoms with Crippen molar-refractivity contribution < 1.29 is 4.39 Å². The summed E-state index contributed by atoms with van der Waals surface area (Å²) in [7, 11) is 0. The fourth-order valence-corrected chi connectivity index (χ4v) is 2.42. The van der Waals surface area contributed by atoms with Gasteiger partial charge in [0.2, 0.25) is 5.16 Å². The molecule has 0 saturated heterocycles. The highest BCUT2D eigenvalue weighted by atomic mass is 32.2. The van der Waals surface area contributed by atoms with Gasteiger partial charge in [0.25, 0.3) is 0 Å². The highest BCUT2D eigenvalue weighted by Gasteiger charge is 2.10. The van der Waals surface area contributed by atoms with E-state index >= 15 is 0 Å². The summed E-state index contributed by atoms with van der Waals surface area (Å²) < 4.78 is 13.6. The van der Waals surface area contributed by atoms with Gasteiger partial charge in [0.1, 0.15) is 5.82 Å². The van der Waals surface area contributed by atoms with Gasteiger partial charge in [-0.3, -0.25) is 10.1 Å². The number of pyridine rings is 1. The van der Waals surface area contributed by atoms with Crippen LogP contribution in [0, 0.1) is 5.82 Å². The molecular formula is C14H11FN4S. The molecule has 3 aromatic rings. The zero-order valence-electron chi connectivity index (χ0n) is 10.5. The summed E-state index contributed by atoms with van der Waals surface area (Å²) in [4.78, 5) is 8.51. The molecule has 0 bridgehead atoms. The number of benzene rings is 1. The summed E-state index contributed by atoms with van der Waals surface area (Å²) in [6, 6.07) is 12.2. The molecule has 0 fully saturated rings. The second-order valence-electron chi connectivity index (χ2n) is 4.06. The summed E-state index contributed by atoms with van der Waals surface area (Å²) in [5.74, 6) is 0.798. The maximum Gasteiger partial charge on any atom is 0.209 e. The van der Waals surface area contributed by atoms with Crippen molar-refractivity contribution in [1.29, 1.82) is 0 Å². The van der Waals surface area contributed by atoms with E-state index in [0.29, 0.717) is 22.3 Å². The monoisotopic (exact) mass is 286 g/mol. The number of aromatic amines is 1. The Labute approximate surface area is 119 Å². The van der Waals surface area contributed by atoms with Gasteiger partial charge in [0.05, 0.1) is 11.3 Å². The maximum absolute atomic E-state index is 13.6. The first-order chi connectivity index (χ1) is 9.83. The Bertz CT molecular complexity index is 699. The normalized spacial score (nSPS) is 10.7. The molecule has 0 spiro atoms. The first-order valence-corrected chi connectivity index (χ1v) is 7.01. The van der Waals surface area contributed by atoms with E-state index in [-0.39, 0.29) is 5.82 Å². The van der Waals surface area contributed by atoms with E-state index < -0.39 is 0 Å². The third-order valence-corrected chi connectivity index (χ3v) is 3.55. The number of nitrogens with zero attached hydrogens (tertiary/aromatic N) is 3. The average Bonchev–Trinajstić information content (AvgIpc) is 2.95. The highest BCUT2D eigenvalue weighted by molar-refractivity contribution is 7.98. The Morgan fingerprint density at radius 1 is 1.10 bits per heavy atom. The van der Waals surface area contributed by atoms with E-state index in [1.807, 2.05) is 18.2 Å². The van der Waals surface area contributed by atoms with Crippen LogP contribution in [0.2, 0.25) is 0 Å². The van der Waals surface area contributed by atoms with Gasteiger partial charge in [-0.05, 0) is 24.3 Å². The minimum absolute atomic E-state index is 0.315. The summed E-state index contributed by atoms with van der Waals surface area (Å²) in [6.45, 7) is 0. The average molecular weight is 286 g/mol. The van der Waals surface area contributed by atoms with Gasteiger partial charge in [0.15, 0.2) is 5.82 Å². The molecule has 4 nitrogen and oxygen atoms in total. The number of aromatic nitrogens is 4. The highest BCUT2D eigenvalue weighted by Crippen LogP contribution is 2.23. The number of hydrogen-bond donors (Lipinski definition) is 1. The van der Waals surface area contributed by atoms with Crippen LogP contribution in [0.15, 0.2) is 53.8 Å². The topological polar surface area (TPSA) is 54.5 Å². The Morgan fingerprint density at radius 2 is 1.95 bits per heavy atom. The second-order valence-corrected chi connectivity index (χ2v) is 5.00. The lowest BCUT2D eigenvalue weighted by atomic mass is 10.2. The lowest BCUT2D eigenvalue weighted by molar-refractivity contribution is 0.630. The molecule has 1 N–H and O–H groups in total. The third-order valence-electron chi connectivity index (χ3n) is 2.67. The molecule has 0 saturated carbocycles. The van der Waals surface area contributed by atoms with E-state index in [9.17, 15) is 4.39 Å². The van der Waals surface area contributed by atoms with Gasteiger partial charge >= 0.3 is 0 Å². The van der Waals surface area contributed by atoms with Crippen LogP contribution in [0.5, 0.6) is 0 Å². The first kappa shape index (κ1) is 12.8. The van der Waals surface area contributed by atoms with Gasteiger partial charge in [-0.2, -0.15) is 0 Å². The van der Waals surface area contributed by atoms with Crippen LogP contribution in [0.1, 0.15) is 5.69 Å². The SMILES string of the molecule is Fc1ccccc1-c1nc(SCc2ccccn2)n[nH]1. The fraction of sp³-hybridized carbons (Fsp3) is 0.0714. The number of nitrogens with one attached hydrogen (secondary N) is 1. The Hall–Kier alpha value is -2.21. The van der Waals surface area contributed by atoms with E-state index in [2.05, 4.69) is 20.2 Å². The van der Waals surface area contributed by atoms with Crippen LogP contribution < -0.4 is 0 Å². The molecule has 3 rings (SSSR count). The lowest BCUT2D eigenvalue weighted by Gasteiger charge is -1.97. The molecule has 0 radical (unpaired) electrons. The predicted octanol–water partition coefficient (Wildman–Crippen LogP) is 3.30.